The Morgan fingerprint density at radius 2 is 2.00 bits per heavy atom. The Hall–Kier alpha value is -0.520. The number of amides is 1. The van der Waals surface area contributed by atoms with Gasteiger partial charge in [-0.3, -0.25) is 10.1 Å². The lowest BCUT2D eigenvalue weighted by molar-refractivity contribution is -0.133. The van der Waals surface area contributed by atoms with Gasteiger partial charge in [0.1, 0.15) is 6.17 Å². The van der Waals surface area contributed by atoms with Crippen LogP contribution < -0.4 is 5.32 Å². The lowest BCUT2D eigenvalue weighted by atomic mass is 10.0. The first-order valence-electron chi connectivity index (χ1n) is 7.80. The van der Waals surface area contributed by atoms with Crippen molar-refractivity contribution >= 4 is 29.0 Å². The second-order valence-corrected chi connectivity index (χ2v) is 8.87. The van der Waals surface area contributed by atoms with Gasteiger partial charge in [0.05, 0.1) is 6.04 Å². The fraction of sp³-hybridized carbons (Fsp3) is 0.688. The van der Waals surface area contributed by atoms with Crippen molar-refractivity contribution < 1.29 is 4.79 Å². The van der Waals surface area contributed by atoms with E-state index in [1.165, 1.54) is 21.3 Å². The molecule has 0 saturated carbocycles. The van der Waals surface area contributed by atoms with Gasteiger partial charge in [-0.2, -0.15) is 11.8 Å². The number of hydrogen-bond donors (Lipinski definition) is 1. The topological polar surface area (TPSA) is 32.3 Å². The van der Waals surface area contributed by atoms with Crippen LogP contribution in [0.2, 0.25) is 0 Å². The first kappa shape index (κ1) is 15.4. The minimum atomic E-state index is -0.0352. The molecule has 0 aliphatic carbocycles. The fourth-order valence-corrected chi connectivity index (χ4v) is 5.28. The number of aryl methyl sites for hydroxylation is 1. The molecule has 0 radical (unpaired) electrons. The Balaban J connectivity index is 1.89. The van der Waals surface area contributed by atoms with E-state index in [0.717, 1.165) is 12.8 Å². The third-order valence-electron chi connectivity index (χ3n) is 4.42. The minimum Gasteiger partial charge on any atom is -0.318 e. The molecule has 0 bridgehead atoms. The van der Waals surface area contributed by atoms with Gasteiger partial charge in [-0.1, -0.05) is 13.8 Å². The monoisotopic (exact) mass is 324 g/mol. The predicted molar refractivity (Wildman–Crippen MR) is 90.8 cm³/mol. The molecule has 3 rings (SSSR count). The highest BCUT2D eigenvalue weighted by molar-refractivity contribution is 7.99. The highest BCUT2D eigenvalue weighted by atomic mass is 32.2. The number of thiophene rings is 1. The minimum absolute atomic E-state index is 0.0352. The van der Waals surface area contributed by atoms with Crippen molar-refractivity contribution in [2.24, 2.45) is 5.92 Å². The molecule has 116 valence electrons. The molecule has 1 N–H and O–H groups in total. The van der Waals surface area contributed by atoms with Crippen LogP contribution in [0.4, 0.5) is 0 Å². The molecule has 2 saturated heterocycles. The number of rotatable bonds is 3. The van der Waals surface area contributed by atoms with Crippen LogP contribution in [-0.2, 0) is 4.79 Å². The van der Waals surface area contributed by atoms with E-state index >= 15 is 0 Å². The molecule has 3 nitrogen and oxygen atoms in total. The van der Waals surface area contributed by atoms with Gasteiger partial charge >= 0.3 is 0 Å². The Morgan fingerprint density at radius 3 is 2.57 bits per heavy atom. The molecule has 1 amide bonds. The maximum Gasteiger partial charge on any atom is 0.241 e. The summed E-state index contributed by atoms with van der Waals surface area (Å²) < 4.78 is 0. The van der Waals surface area contributed by atoms with E-state index in [4.69, 9.17) is 0 Å². The molecule has 0 aromatic carbocycles. The zero-order chi connectivity index (χ0) is 15.0. The molecule has 2 fully saturated rings. The first-order chi connectivity index (χ1) is 10.1. The molecular weight excluding hydrogens is 300 g/mol. The van der Waals surface area contributed by atoms with E-state index in [1.807, 2.05) is 11.8 Å². The van der Waals surface area contributed by atoms with Gasteiger partial charge in [-0.05, 0) is 49.3 Å². The van der Waals surface area contributed by atoms with E-state index in [2.05, 4.69) is 43.1 Å². The zero-order valence-electron chi connectivity index (χ0n) is 13.0. The smallest absolute Gasteiger partial charge is 0.241 e. The predicted octanol–water partition coefficient (Wildman–Crippen LogP) is 3.41. The van der Waals surface area contributed by atoms with Crippen LogP contribution in [0.1, 0.15) is 42.6 Å². The van der Waals surface area contributed by atoms with E-state index in [-0.39, 0.29) is 12.2 Å². The number of carbonyl (C=O) groups excluding carboxylic acids is 1. The maximum atomic E-state index is 12.9. The fourth-order valence-electron chi connectivity index (χ4n) is 3.26. The van der Waals surface area contributed by atoms with Gasteiger partial charge < -0.3 is 4.90 Å². The summed E-state index contributed by atoms with van der Waals surface area (Å²) in [6.45, 7) is 6.39. The van der Waals surface area contributed by atoms with Crippen molar-refractivity contribution in [2.75, 3.05) is 11.5 Å². The van der Waals surface area contributed by atoms with E-state index in [9.17, 15) is 4.79 Å². The Morgan fingerprint density at radius 1 is 1.29 bits per heavy atom. The van der Waals surface area contributed by atoms with Crippen molar-refractivity contribution in [2.45, 2.75) is 51.9 Å². The molecular formula is C16H24N2OS2. The van der Waals surface area contributed by atoms with Gasteiger partial charge in [0.25, 0.3) is 0 Å². The second kappa shape index (κ2) is 6.31. The summed E-state index contributed by atoms with van der Waals surface area (Å²) in [7, 11) is 0. The first-order valence-corrected chi connectivity index (χ1v) is 9.77. The highest BCUT2D eigenvalue weighted by Crippen LogP contribution is 2.36. The van der Waals surface area contributed by atoms with Crippen LogP contribution in [0.5, 0.6) is 0 Å². The highest BCUT2D eigenvalue weighted by Gasteiger charge is 2.44. The van der Waals surface area contributed by atoms with E-state index in [1.54, 1.807) is 11.3 Å². The average Bonchev–Trinajstić information content (AvgIpc) is 3.03. The van der Waals surface area contributed by atoms with E-state index in [0.29, 0.717) is 17.9 Å². The largest absolute Gasteiger partial charge is 0.318 e. The van der Waals surface area contributed by atoms with Crippen molar-refractivity contribution in [1.29, 1.82) is 0 Å². The number of hydrogen-bond acceptors (Lipinski definition) is 4. The van der Waals surface area contributed by atoms with Crippen molar-refractivity contribution in [3.63, 3.8) is 0 Å². The quantitative estimate of drug-likeness (QED) is 0.925. The van der Waals surface area contributed by atoms with Gasteiger partial charge in [-0.25, -0.2) is 0 Å². The van der Waals surface area contributed by atoms with Crippen LogP contribution in [0.3, 0.4) is 0 Å². The lowest BCUT2D eigenvalue weighted by Gasteiger charge is -2.34. The SMILES string of the molecule is Cc1ccc(C2NC(C(C)C)C(=O)N2C2CCSCC2)s1. The summed E-state index contributed by atoms with van der Waals surface area (Å²) in [4.78, 5) is 17.7. The lowest BCUT2D eigenvalue weighted by Crippen LogP contribution is -2.42. The summed E-state index contributed by atoms with van der Waals surface area (Å²) >= 11 is 3.82. The van der Waals surface area contributed by atoms with Crippen LogP contribution in [0, 0.1) is 12.8 Å². The number of nitrogens with one attached hydrogen (secondary N) is 1. The summed E-state index contributed by atoms with van der Waals surface area (Å²) in [5.74, 6) is 3.00. The molecule has 0 spiro atoms. The van der Waals surface area contributed by atoms with Gasteiger partial charge in [0.15, 0.2) is 0 Å². The number of carbonyl (C=O) groups is 1. The van der Waals surface area contributed by atoms with Crippen molar-refractivity contribution in [3.8, 4) is 0 Å². The van der Waals surface area contributed by atoms with Gasteiger partial charge in [0, 0.05) is 15.8 Å². The van der Waals surface area contributed by atoms with Gasteiger partial charge in [-0.15, -0.1) is 11.3 Å². The zero-order valence-corrected chi connectivity index (χ0v) is 14.6. The normalized spacial score (nSPS) is 27.8. The summed E-state index contributed by atoms with van der Waals surface area (Å²) in [5, 5.41) is 3.60. The molecule has 1 aromatic heterocycles. The van der Waals surface area contributed by atoms with Crippen LogP contribution in [0.25, 0.3) is 0 Å². The van der Waals surface area contributed by atoms with Crippen LogP contribution >= 0.6 is 23.1 Å². The van der Waals surface area contributed by atoms with Crippen LogP contribution in [0.15, 0.2) is 12.1 Å². The Bertz CT molecular complexity index is 508. The molecule has 2 atom stereocenters. The van der Waals surface area contributed by atoms with E-state index < -0.39 is 0 Å². The third-order valence-corrected chi connectivity index (χ3v) is 6.52. The number of thioether (sulfide) groups is 1. The van der Waals surface area contributed by atoms with Crippen molar-refractivity contribution in [3.05, 3.63) is 21.9 Å². The van der Waals surface area contributed by atoms with Crippen molar-refractivity contribution in [1.82, 2.24) is 10.2 Å². The Labute approximate surface area is 135 Å². The van der Waals surface area contributed by atoms with Crippen LogP contribution in [-0.4, -0.2) is 34.4 Å². The molecule has 2 aliphatic rings. The number of nitrogens with zero attached hydrogens (tertiary/aromatic N) is 1. The average molecular weight is 325 g/mol. The molecule has 2 aliphatic heterocycles. The molecule has 3 heterocycles. The standard InChI is InChI=1S/C16H24N2OS2/c1-10(2)14-16(19)18(12-6-8-20-9-7-12)15(17-14)13-5-4-11(3)21-13/h4-5,10,12,14-15,17H,6-9H2,1-3H3. The summed E-state index contributed by atoms with van der Waals surface area (Å²) in [5.41, 5.74) is 0. The Kier molecular flexibility index (Phi) is 4.62. The second-order valence-electron chi connectivity index (χ2n) is 6.33. The third kappa shape index (κ3) is 3.01. The summed E-state index contributed by atoms with van der Waals surface area (Å²) in [6.07, 6.45) is 2.34. The maximum absolute atomic E-state index is 12.9. The molecule has 21 heavy (non-hydrogen) atoms. The molecule has 1 aromatic rings. The summed E-state index contributed by atoms with van der Waals surface area (Å²) in [6, 6.07) is 4.71. The van der Waals surface area contributed by atoms with Gasteiger partial charge in [0.2, 0.25) is 5.91 Å². The molecule has 5 heteroatoms. The molecule has 2 unspecified atom stereocenters.